The van der Waals surface area contributed by atoms with E-state index < -0.39 is 5.82 Å². The van der Waals surface area contributed by atoms with E-state index in [2.05, 4.69) is 4.98 Å². The Balaban J connectivity index is 2.16. The highest BCUT2D eigenvalue weighted by Gasteiger charge is 2.11. The van der Waals surface area contributed by atoms with E-state index in [1.54, 1.807) is 0 Å². The summed E-state index contributed by atoms with van der Waals surface area (Å²) in [6.45, 7) is 0. The average molecular weight is 266 g/mol. The van der Waals surface area contributed by atoms with Gasteiger partial charge in [-0.1, -0.05) is 11.6 Å². The minimum atomic E-state index is -0.553. The number of oxazole rings is 1. The average Bonchev–Trinajstić information content (AvgIpc) is 2.73. The zero-order chi connectivity index (χ0) is 12.7. The zero-order valence-electron chi connectivity index (χ0n) is 8.95. The van der Waals surface area contributed by atoms with Crippen molar-refractivity contribution in [3.63, 3.8) is 0 Å². The maximum atomic E-state index is 13.3. The molecule has 1 aromatic heterocycles. The van der Waals surface area contributed by atoms with Gasteiger partial charge in [0.15, 0.2) is 5.58 Å². The van der Waals surface area contributed by atoms with Crippen molar-refractivity contribution in [1.29, 1.82) is 0 Å². The number of benzene rings is 2. The molecule has 0 radical (unpaired) electrons. The van der Waals surface area contributed by atoms with Crippen LogP contribution in [0.4, 0.5) is 8.78 Å². The molecule has 0 spiro atoms. The van der Waals surface area contributed by atoms with Crippen molar-refractivity contribution in [2.24, 2.45) is 0 Å². The summed E-state index contributed by atoms with van der Waals surface area (Å²) in [6, 6.07) is 8.26. The summed E-state index contributed by atoms with van der Waals surface area (Å²) in [5.41, 5.74) is 1.38. The van der Waals surface area contributed by atoms with Gasteiger partial charge in [-0.2, -0.15) is 0 Å². The summed E-state index contributed by atoms with van der Waals surface area (Å²) in [5, 5.41) is -0.0238. The SMILES string of the molecule is Fc1ccc(-c2nc3cc(F)c(Cl)cc3o2)cc1. The second-order valence-corrected chi connectivity index (χ2v) is 4.17. The van der Waals surface area contributed by atoms with Crippen molar-refractivity contribution in [3.05, 3.63) is 53.1 Å². The highest BCUT2D eigenvalue weighted by molar-refractivity contribution is 6.31. The Hall–Kier alpha value is -1.94. The van der Waals surface area contributed by atoms with Gasteiger partial charge in [-0.25, -0.2) is 13.8 Å². The van der Waals surface area contributed by atoms with E-state index in [1.807, 2.05) is 0 Å². The maximum Gasteiger partial charge on any atom is 0.227 e. The van der Waals surface area contributed by atoms with Gasteiger partial charge in [0.05, 0.1) is 5.02 Å². The molecule has 0 fully saturated rings. The van der Waals surface area contributed by atoms with Crippen LogP contribution in [0.2, 0.25) is 5.02 Å². The Morgan fingerprint density at radius 1 is 1.06 bits per heavy atom. The molecule has 3 rings (SSSR count). The monoisotopic (exact) mass is 265 g/mol. The van der Waals surface area contributed by atoms with Gasteiger partial charge >= 0.3 is 0 Å². The molecule has 0 unspecified atom stereocenters. The van der Waals surface area contributed by atoms with Crippen molar-refractivity contribution in [2.75, 3.05) is 0 Å². The van der Waals surface area contributed by atoms with Crippen LogP contribution in [-0.2, 0) is 0 Å². The third-order valence-electron chi connectivity index (χ3n) is 2.52. The fourth-order valence-electron chi connectivity index (χ4n) is 1.64. The molecule has 0 N–H and O–H groups in total. The predicted molar refractivity (Wildman–Crippen MR) is 64.4 cm³/mol. The summed E-state index contributed by atoms with van der Waals surface area (Å²) in [4.78, 5) is 4.13. The van der Waals surface area contributed by atoms with Gasteiger partial charge in [0.1, 0.15) is 17.2 Å². The van der Waals surface area contributed by atoms with Gasteiger partial charge in [0.2, 0.25) is 5.89 Å². The van der Waals surface area contributed by atoms with E-state index in [9.17, 15) is 8.78 Å². The fourth-order valence-corrected chi connectivity index (χ4v) is 1.79. The highest BCUT2D eigenvalue weighted by atomic mass is 35.5. The van der Waals surface area contributed by atoms with Crippen molar-refractivity contribution in [3.8, 4) is 11.5 Å². The maximum absolute atomic E-state index is 13.3. The first-order chi connectivity index (χ1) is 8.63. The largest absolute Gasteiger partial charge is 0.436 e. The van der Waals surface area contributed by atoms with Crippen molar-refractivity contribution >= 4 is 22.7 Å². The van der Waals surface area contributed by atoms with Crippen LogP contribution >= 0.6 is 11.6 Å². The number of hydrogen-bond donors (Lipinski definition) is 0. The van der Waals surface area contributed by atoms with Crippen LogP contribution in [0.25, 0.3) is 22.6 Å². The smallest absolute Gasteiger partial charge is 0.227 e. The molecule has 0 aliphatic heterocycles. The molecule has 3 aromatic rings. The van der Waals surface area contributed by atoms with Gasteiger partial charge in [-0.05, 0) is 24.3 Å². The summed E-state index contributed by atoms with van der Waals surface area (Å²) >= 11 is 5.65. The normalized spacial score (nSPS) is 11.1. The molecule has 0 atom stereocenters. The zero-order valence-corrected chi connectivity index (χ0v) is 9.71. The molecular formula is C13H6ClF2NO. The molecular weight excluding hydrogens is 260 g/mol. The highest BCUT2D eigenvalue weighted by Crippen LogP contribution is 2.27. The number of aromatic nitrogens is 1. The van der Waals surface area contributed by atoms with Crippen LogP contribution in [-0.4, -0.2) is 4.98 Å². The Morgan fingerprint density at radius 2 is 1.78 bits per heavy atom. The van der Waals surface area contributed by atoms with E-state index in [0.717, 1.165) is 0 Å². The molecule has 0 aliphatic carbocycles. The lowest BCUT2D eigenvalue weighted by Crippen LogP contribution is -1.78. The number of rotatable bonds is 1. The first-order valence-corrected chi connectivity index (χ1v) is 5.53. The molecule has 0 saturated carbocycles. The fraction of sp³-hybridized carbons (Fsp3) is 0. The van der Waals surface area contributed by atoms with Crippen LogP contribution < -0.4 is 0 Å². The third kappa shape index (κ3) is 1.84. The Kier molecular flexibility index (Phi) is 2.52. The van der Waals surface area contributed by atoms with Crippen LogP contribution in [0.15, 0.2) is 40.8 Å². The van der Waals surface area contributed by atoms with E-state index >= 15 is 0 Å². The lowest BCUT2D eigenvalue weighted by atomic mass is 10.2. The molecule has 2 aromatic carbocycles. The summed E-state index contributed by atoms with van der Waals surface area (Å²) < 4.78 is 31.5. The Labute approximate surface area is 106 Å². The molecule has 90 valence electrons. The summed E-state index contributed by atoms with van der Waals surface area (Å²) in [5.74, 6) is -0.598. The van der Waals surface area contributed by atoms with Gasteiger partial charge < -0.3 is 4.42 Å². The first-order valence-electron chi connectivity index (χ1n) is 5.15. The van der Waals surface area contributed by atoms with Gasteiger partial charge in [0.25, 0.3) is 0 Å². The minimum absolute atomic E-state index is 0.0238. The van der Waals surface area contributed by atoms with E-state index in [0.29, 0.717) is 22.6 Å². The van der Waals surface area contributed by atoms with E-state index in [1.165, 1.54) is 36.4 Å². The summed E-state index contributed by atoms with van der Waals surface area (Å²) in [6.07, 6.45) is 0. The van der Waals surface area contributed by atoms with Gasteiger partial charge in [-0.15, -0.1) is 0 Å². The quantitative estimate of drug-likeness (QED) is 0.651. The van der Waals surface area contributed by atoms with Crippen molar-refractivity contribution in [1.82, 2.24) is 4.98 Å². The molecule has 2 nitrogen and oxygen atoms in total. The molecule has 0 aliphatic rings. The standard InChI is InChI=1S/C13H6ClF2NO/c14-9-5-12-11(6-10(9)16)17-13(18-12)7-1-3-8(15)4-2-7/h1-6H. The van der Waals surface area contributed by atoms with E-state index in [4.69, 9.17) is 16.0 Å². The number of hydrogen-bond acceptors (Lipinski definition) is 2. The number of nitrogens with zero attached hydrogens (tertiary/aromatic N) is 1. The summed E-state index contributed by atoms with van der Waals surface area (Å²) in [7, 11) is 0. The van der Waals surface area contributed by atoms with Crippen LogP contribution in [0.1, 0.15) is 0 Å². The number of fused-ring (bicyclic) bond motifs is 1. The lowest BCUT2D eigenvalue weighted by Gasteiger charge is -1.93. The second-order valence-electron chi connectivity index (χ2n) is 3.76. The van der Waals surface area contributed by atoms with Crippen molar-refractivity contribution < 1.29 is 13.2 Å². The predicted octanol–water partition coefficient (Wildman–Crippen LogP) is 4.43. The molecule has 0 amide bonds. The lowest BCUT2D eigenvalue weighted by molar-refractivity contribution is 0.612. The second kappa shape index (κ2) is 4.07. The first kappa shape index (κ1) is 11.2. The Bertz CT molecular complexity index is 683. The molecule has 0 saturated heterocycles. The molecule has 0 bridgehead atoms. The van der Waals surface area contributed by atoms with Crippen molar-refractivity contribution in [2.45, 2.75) is 0 Å². The topological polar surface area (TPSA) is 26.0 Å². The molecule has 5 heteroatoms. The molecule has 18 heavy (non-hydrogen) atoms. The molecule has 1 heterocycles. The third-order valence-corrected chi connectivity index (χ3v) is 2.81. The minimum Gasteiger partial charge on any atom is -0.436 e. The number of halogens is 3. The van der Waals surface area contributed by atoms with Gasteiger partial charge in [0, 0.05) is 17.7 Å². The van der Waals surface area contributed by atoms with Crippen LogP contribution in [0, 0.1) is 11.6 Å². The van der Waals surface area contributed by atoms with Crippen LogP contribution in [0.5, 0.6) is 0 Å². The van der Waals surface area contributed by atoms with Crippen LogP contribution in [0.3, 0.4) is 0 Å². The van der Waals surface area contributed by atoms with Gasteiger partial charge in [-0.3, -0.25) is 0 Å². The van der Waals surface area contributed by atoms with E-state index in [-0.39, 0.29) is 10.8 Å². The Morgan fingerprint density at radius 3 is 2.50 bits per heavy atom.